The number of H-pyrrole nitrogens is 1. The predicted octanol–water partition coefficient (Wildman–Crippen LogP) is -1.37. The van der Waals surface area contributed by atoms with Gasteiger partial charge in [0.2, 0.25) is 11.9 Å². The van der Waals surface area contributed by atoms with Crippen molar-refractivity contribution < 1.29 is 30.0 Å². The standard InChI is InChI=1S/C14H19N5O6.CH4O/c1-6(2)11(20)17-13-16-10-9(12(21)18-13)15-5-19(10)8-4-3-7(25-8)14(22,23)24;1-2/h5-8,22-24H,3-4H2,1-2H3,(H2,16,17,18,20,21);2H,1H3. The largest absolute Gasteiger partial charge is 0.400 e. The molecule has 12 nitrogen and oxygen atoms in total. The SMILES string of the molecule is CC(C)C(=O)Nc1nc2c(ncn2C2CCC(C(O)(O)O)O2)c(=O)[nH]1.CO. The van der Waals surface area contributed by atoms with Crippen molar-refractivity contribution in [2.75, 3.05) is 12.4 Å². The van der Waals surface area contributed by atoms with Crippen LogP contribution in [0.25, 0.3) is 11.2 Å². The van der Waals surface area contributed by atoms with E-state index < -0.39 is 23.9 Å². The fourth-order valence-corrected chi connectivity index (χ4v) is 2.57. The molecule has 1 fully saturated rings. The summed E-state index contributed by atoms with van der Waals surface area (Å²) in [6.07, 6.45) is -0.0156. The highest BCUT2D eigenvalue weighted by Gasteiger charge is 2.41. The summed E-state index contributed by atoms with van der Waals surface area (Å²) in [5.41, 5.74) is -0.302. The lowest BCUT2D eigenvalue weighted by molar-refractivity contribution is -0.360. The Balaban J connectivity index is 0.00000126. The van der Waals surface area contributed by atoms with Gasteiger partial charge in [-0.05, 0) is 12.8 Å². The van der Waals surface area contributed by atoms with Crippen molar-refractivity contribution in [1.29, 1.82) is 0 Å². The zero-order valence-electron chi connectivity index (χ0n) is 15.1. The molecule has 1 saturated heterocycles. The molecule has 12 heteroatoms. The molecule has 2 aromatic rings. The van der Waals surface area contributed by atoms with Gasteiger partial charge in [0.15, 0.2) is 11.2 Å². The van der Waals surface area contributed by atoms with Crippen LogP contribution in [-0.2, 0) is 9.53 Å². The van der Waals surface area contributed by atoms with Crippen LogP contribution in [0.4, 0.5) is 5.95 Å². The first-order valence-corrected chi connectivity index (χ1v) is 8.22. The maximum absolute atomic E-state index is 12.1. The number of carbonyl (C=O) groups is 1. The highest BCUT2D eigenvalue weighted by atomic mass is 16.7. The molecule has 0 radical (unpaired) electrons. The Morgan fingerprint density at radius 2 is 2.04 bits per heavy atom. The second kappa shape index (κ2) is 8.10. The fraction of sp³-hybridized carbons (Fsp3) is 0.600. The van der Waals surface area contributed by atoms with Crippen molar-refractivity contribution >= 4 is 23.0 Å². The summed E-state index contributed by atoms with van der Waals surface area (Å²) in [6.45, 7) is 3.40. The summed E-state index contributed by atoms with van der Waals surface area (Å²) >= 11 is 0. The molecule has 2 aromatic heterocycles. The number of ether oxygens (including phenoxy) is 1. The molecule has 27 heavy (non-hydrogen) atoms. The molecule has 150 valence electrons. The van der Waals surface area contributed by atoms with Crippen molar-refractivity contribution in [1.82, 2.24) is 19.5 Å². The van der Waals surface area contributed by atoms with Crippen LogP contribution < -0.4 is 10.9 Å². The molecule has 3 rings (SSSR count). The number of amides is 1. The zero-order chi connectivity index (χ0) is 20.4. The molecule has 1 amide bonds. The number of nitrogens with one attached hydrogen (secondary N) is 2. The number of fused-ring (bicyclic) bond motifs is 1. The third-order valence-corrected chi connectivity index (χ3v) is 3.94. The van der Waals surface area contributed by atoms with Crippen LogP contribution in [-0.4, -0.2) is 65.0 Å². The molecule has 1 aliphatic heterocycles. The van der Waals surface area contributed by atoms with E-state index in [1.807, 2.05) is 0 Å². The number of imidazole rings is 1. The molecule has 6 N–H and O–H groups in total. The topological polar surface area (TPSA) is 183 Å². The fourth-order valence-electron chi connectivity index (χ4n) is 2.57. The van der Waals surface area contributed by atoms with Gasteiger partial charge in [0.25, 0.3) is 5.56 Å². The molecule has 2 unspecified atom stereocenters. The van der Waals surface area contributed by atoms with Crippen molar-refractivity contribution in [2.24, 2.45) is 5.92 Å². The number of aliphatic hydroxyl groups excluding tert-OH is 1. The average molecular weight is 385 g/mol. The third kappa shape index (κ3) is 4.48. The van der Waals surface area contributed by atoms with E-state index in [0.29, 0.717) is 6.42 Å². The van der Waals surface area contributed by atoms with Crippen LogP contribution in [0.15, 0.2) is 11.1 Å². The summed E-state index contributed by atoms with van der Waals surface area (Å²) in [4.78, 5) is 34.5. The van der Waals surface area contributed by atoms with Crippen LogP contribution in [0.5, 0.6) is 0 Å². The Hall–Kier alpha value is -2.38. The van der Waals surface area contributed by atoms with Gasteiger partial charge in [-0.3, -0.25) is 24.5 Å². The van der Waals surface area contributed by atoms with Crippen molar-refractivity contribution in [3.05, 3.63) is 16.7 Å². The van der Waals surface area contributed by atoms with E-state index in [1.165, 1.54) is 10.9 Å². The number of aromatic nitrogens is 4. The Morgan fingerprint density at radius 1 is 1.37 bits per heavy atom. The summed E-state index contributed by atoms with van der Waals surface area (Å²) in [5, 5.41) is 37.2. The number of hydrogen-bond donors (Lipinski definition) is 6. The van der Waals surface area contributed by atoms with Gasteiger partial charge in [-0.15, -0.1) is 0 Å². The Morgan fingerprint density at radius 3 is 2.59 bits per heavy atom. The van der Waals surface area contributed by atoms with Gasteiger partial charge in [0.05, 0.1) is 6.33 Å². The van der Waals surface area contributed by atoms with Gasteiger partial charge in [-0.1, -0.05) is 13.8 Å². The first-order valence-electron chi connectivity index (χ1n) is 8.22. The van der Waals surface area contributed by atoms with Gasteiger partial charge in [0, 0.05) is 13.0 Å². The number of aromatic amines is 1. The molecule has 1 aliphatic rings. The highest BCUT2D eigenvalue weighted by molar-refractivity contribution is 5.91. The minimum absolute atomic E-state index is 0.0201. The average Bonchev–Trinajstić information content (AvgIpc) is 3.22. The monoisotopic (exact) mass is 385 g/mol. The zero-order valence-corrected chi connectivity index (χ0v) is 15.1. The van der Waals surface area contributed by atoms with Gasteiger partial charge < -0.3 is 25.2 Å². The summed E-state index contributed by atoms with van der Waals surface area (Å²) in [7, 11) is 1.00. The van der Waals surface area contributed by atoms with Gasteiger partial charge in [-0.2, -0.15) is 4.98 Å². The van der Waals surface area contributed by atoms with E-state index in [1.54, 1.807) is 13.8 Å². The lowest BCUT2D eigenvalue weighted by atomic mass is 10.2. The lowest BCUT2D eigenvalue weighted by Crippen LogP contribution is -2.41. The van der Waals surface area contributed by atoms with E-state index in [-0.39, 0.29) is 35.4 Å². The second-order valence-corrected chi connectivity index (χ2v) is 6.23. The number of anilines is 1. The number of rotatable bonds is 4. The maximum atomic E-state index is 12.1. The number of hydrogen-bond acceptors (Lipinski definition) is 9. The summed E-state index contributed by atoms with van der Waals surface area (Å²) in [5.74, 6) is -3.58. The Kier molecular flexibility index (Phi) is 6.28. The van der Waals surface area contributed by atoms with Crippen LogP contribution in [0, 0.1) is 5.92 Å². The molecule has 0 aromatic carbocycles. The Labute approximate surface area is 153 Å². The molecule has 3 heterocycles. The van der Waals surface area contributed by atoms with Crippen LogP contribution in [0.3, 0.4) is 0 Å². The number of nitrogens with zero attached hydrogens (tertiary/aromatic N) is 3. The third-order valence-electron chi connectivity index (χ3n) is 3.94. The van der Waals surface area contributed by atoms with E-state index in [4.69, 9.17) is 9.84 Å². The van der Waals surface area contributed by atoms with Crippen LogP contribution in [0.2, 0.25) is 0 Å². The number of carbonyl (C=O) groups excluding carboxylic acids is 1. The van der Waals surface area contributed by atoms with Crippen molar-refractivity contribution in [3.63, 3.8) is 0 Å². The van der Waals surface area contributed by atoms with Gasteiger partial charge in [0.1, 0.15) is 12.3 Å². The molecule has 0 spiro atoms. The molecule has 0 bridgehead atoms. The normalized spacial score (nSPS) is 19.9. The lowest BCUT2D eigenvalue weighted by Gasteiger charge is -2.22. The summed E-state index contributed by atoms with van der Waals surface area (Å²) < 4.78 is 6.86. The van der Waals surface area contributed by atoms with Crippen molar-refractivity contribution in [3.8, 4) is 0 Å². The first-order chi connectivity index (χ1) is 12.7. The van der Waals surface area contributed by atoms with Gasteiger partial charge >= 0.3 is 5.97 Å². The quantitative estimate of drug-likeness (QED) is 0.346. The number of aliphatic hydroxyl groups is 4. The minimum Gasteiger partial charge on any atom is -0.400 e. The molecular weight excluding hydrogens is 362 g/mol. The highest BCUT2D eigenvalue weighted by Crippen LogP contribution is 2.33. The van der Waals surface area contributed by atoms with E-state index >= 15 is 0 Å². The van der Waals surface area contributed by atoms with Crippen molar-refractivity contribution in [2.45, 2.75) is 45.0 Å². The van der Waals surface area contributed by atoms with E-state index in [2.05, 4.69) is 20.3 Å². The first kappa shape index (κ1) is 20.9. The smallest absolute Gasteiger partial charge is 0.303 e. The van der Waals surface area contributed by atoms with E-state index in [0.717, 1.165) is 7.11 Å². The molecule has 2 atom stereocenters. The molecule has 0 saturated carbocycles. The van der Waals surface area contributed by atoms with Crippen LogP contribution in [0.1, 0.15) is 32.9 Å². The van der Waals surface area contributed by atoms with E-state index in [9.17, 15) is 24.9 Å². The Bertz CT molecular complexity index is 854. The maximum Gasteiger partial charge on any atom is 0.303 e. The molecule has 0 aliphatic carbocycles. The second-order valence-electron chi connectivity index (χ2n) is 6.23. The predicted molar refractivity (Wildman–Crippen MR) is 92.3 cm³/mol. The minimum atomic E-state index is -2.95. The molecular formula is C15H23N5O7. The van der Waals surface area contributed by atoms with Crippen LogP contribution >= 0.6 is 0 Å². The summed E-state index contributed by atoms with van der Waals surface area (Å²) in [6, 6.07) is 0. The van der Waals surface area contributed by atoms with Gasteiger partial charge in [-0.25, -0.2) is 4.98 Å².